The second-order valence-electron chi connectivity index (χ2n) is 4.06. The minimum absolute atomic E-state index is 0.630. The molecule has 0 atom stereocenters. The molecule has 0 fully saturated rings. The number of hydrogen-bond acceptors (Lipinski definition) is 2. The molecule has 2 rings (SSSR count). The summed E-state index contributed by atoms with van der Waals surface area (Å²) in [5.41, 5.74) is 10.2. The molecule has 2 aromatic rings. The molecule has 0 saturated carbocycles. The van der Waals surface area contributed by atoms with E-state index in [0.717, 1.165) is 16.8 Å². The van der Waals surface area contributed by atoms with Crippen molar-refractivity contribution in [3.63, 3.8) is 0 Å². The van der Waals surface area contributed by atoms with Gasteiger partial charge in [-0.25, -0.2) is 10.2 Å². The predicted octanol–water partition coefficient (Wildman–Crippen LogP) is 2.30. The van der Waals surface area contributed by atoms with Crippen LogP contribution in [0, 0.1) is 0 Å². The fourth-order valence-corrected chi connectivity index (χ4v) is 1.75. The minimum Gasteiger partial charge on any atom is -0.350 e. The Morgan fingerprint density at radius 3 is 2.16 bits per heavy atom. The summed E-state index contributed by atoms with van der Waals surface area (Å²) in [5.74, 6) is 0. The van der Waals surface area contributed by atoms with Gasteiger partial charge < -0.3 is 5.73 Å². The minimum atomic E-state index is -0.665. The molecule has 0 aromatic heterocycles. The Bertz CT molecular complexity index is 564. The maximum Gasteiger partial charge on any atom is 0.332 e. The third-order valence-corrected chi connectivity index (χ3v) is 2.62. The number of carbonyl (C=O) groups is 1. The van der Waals surface area contributed by atoms with Crippen molar-refractivity contribution < 1.29 is 4.79 Å². The standard InChI is InChI=1S/C15H15N3O/c16-15(19)18-17-14(13-9-5-2-6-10-13)11-12-7-3-1-4-8-12/h1-10H,11H2,(H3,16,18,19)/b17-14-. The van der Waals surface area contributed by atoms with E-state index in [1.807, 2.05) is 60.7 Å². The average molecular weight is 253 g/mol. The number of benzene rings is 2. The zero-order valence-corrected chi connectivity index (χ0v) is 10.4. The van der Waals surface area contributed by atoms with Crippen molar-refractivity contribution in [2.24, 2.45) is 10.8 Å². The molecule has 0 spiro atoms. The van der Waals surface area contributed by atoms with Gasteiger partial charge in [0.05, 0.1) is 5.71 Å². The second kappa shape index (κ2) is 6.35. The number of primary amides is 1. The molecule has 19 heavy (non-hydrogen) atoms. The number of nitrogens with two attached hydrogens (primary N) is 1. The first-order valence-electron chi connectivity index (χ1n) is 5.97. The molecule has 2 amide bonds. The van der Waals surface area contributed by atoms with Gasteiger partial charge in [0.25, 0.3) is 0 Å². The first-order chi connectivity index (χ1) is 9.25. The molecule has 0 radical (unpaired) electrons. The van der Waals surface area contributed by atoms with Gasteiger partial charge in [0.15, 0.2) is 0 Å². The number of rotatable bonds is 4. The normalized spacial score (nSPS) is 11.1. The predicted molar refractivity (Wildman–Crippen MR) is 75.8 cm³/mol. The quantitative estimate of drug-likeness (QED) is 0.637. The van der Waals surface area contributed by atoms with E-state index in [2.05, 4.69) is 10.5 Å². The van der Waals surface area contributed by atoms with E-state index in [4.69, 9.17) is 5.73 Å². The molecule has 3 N–H and O–H groups in total. The van der Waals surface area contributed by atoms with Crippen LogP contribution in [0.4, 0.5) is 4.79 Å². The Hall–Kier alpha value is -2.62. The monoisotopic (exact) mass is 253 g/mol. The summed E-state index contributed by atoms with van der Waals surface area (Å²) in [6.07, 6.45) is 0.630. The summed E-state index contributed by atoms with van der Waals surface area (Å²) in [6.45, 7) is 0. The van der Waals surface area contributed by atoms with Crippen LogP contribution >= 0.6 is 0 Å². The maximum atomic E-state index is 10.8. The fourth-order valence-electron chi connectivity index (χ4n) is 1.75. The Morgan fingerprint density at radius 2 is 1.58 bits per heavy atom. The summed E-state index contributed by atoms with van der Waals surface area (Å²) in [7, 11) is 0. The zero-order chi connectivity index (χ0) is 13.5. The van der Waals surface area contributed by atoms with Crippen molar-refractivity contribution in [2.75, 3.05) is 0 Å². The molecule has 0 saturated heterocycles. The van der Waals surface area contributed by atoms with E-state index < -0.39 is 6.03 Å². The summed E-state index contributed by atoms with van der Waals surface area (Å²) >= 11 is 0. The van der Waals surface area contributed by atoms with Crippen molar-refractivity contribution in [1.29, 1.82) is 0 Å². The Kier molecular flexibility index (Phi) is 4.29. The number of urea groups is 1. The highest BCUT2D eigenvalue weighted by molar-refractivity contribution is 6.02. The summed E-state index contributed by atoms with van der Waals surface area (Å²) < 4.78 is 0. The van der Waals surface area contributed by atoms with Crippen LogP contribution in [0.25, 0.3) is 0 Å². The van der Waals surface area contributed by atoms with Crippen LogP contribution in [0.5, 0.6) is 0 Å². The summed E-state index contributed by atoms with van der Waals surface area (Å²) in [5, 5.41) is 4.08. The van der Waals surface area contributed by atoms with Gasteiger partial charge in [0.1, 0.15) is 0 Å². The lowest BCUT2D eigenvalue weighted by molar-refractivity contribution is 0.249. The van der Waals surface area contributed by atoms with Crippen molar-refractivity contribution >= 4 is 11.7 Å². The highest BCUT2D eigenvalue weighted by atomic mass is 16.2. The maximum absolute atomic E-state index is 10.8. The van der Waals surface area contributed by atoms with Crippen LogP contribution in [-0.2, 0) is 6.42 Å². The largest absolute Gasteiger partial charge is 0.350 e. The lowest BCUT2D eigenvalue weighted by Crippen LogP contribution is -2.26. The molecular formula is C15H15N3O. The lowest BCUT2D eigenvalue weighted by atomic mass is 10.0. The molecular weight excluding hydrogens is 238 g/mol. The van der Waals surface area contributed by atoms with Gasteiger partial charge in [-0.15, -0.1) is 0 Å². The summed E-state index contributed by atoms with van der Waals surface area (Å²) in [6, 6.07) is 19.0. The van der Waals surface area contributed by atoms with Gasteiger partial charge in [-0.2, -0.15) is 5.10 Å². The Balaban J connectivity index is 2.25. The Morgan fingerprint density at radius 1 is 1.00 bits per heavy atom. The topological polar surface area (TPSA) is 67.5 Å². The van der Waals surface area contributed by atoms with Crippen molar-refractivity contribution in [3.05, 3.63) is 71.8 Å². The van der Waals surface area contributed by atoms with Gasteiger partial charge in [-0.05, 0) is 11.1 Å². The van der Waals surface area contributed by atoms with Crippen LogP contribution in [0.1, 0.15) is 11.1 Å². The van der Waals surface area contributed by atoms with Gasteiger partial charge in [0, 0.05) is 6.42 Å². The molecule has 0 heterocycles. The van der Waals surface area contributed by atoms with E-state index in [-0.39, 0.29) is 0 Å². The van der Waals surface area contributed by atoms with Crippen LogP contribution in [0.2, 0.25) is 0 Å². The fraction of sp³-hybridized carbons (Fsp3) is 0.0667. The number of hydrogen-bond donors (Lipinski definition) is 2. The molecule has 0 aliphatic rings. The number of amides is 2. The van der Waals surface area contributed by atoms with Gasteiger partial charge in [-0.3, -0.25) is 0 Å². The molecule has 0 aliphatic carbocycles. The zero-order valence-electron chi connectivity index (χ0n) is 10.4. The number of hydrazone groups is 1. The third kappa shape index (κ3) is 3.96. The van der Waals surface area contributed by atoms with Crippen LogP contribution < -0.4 is 11.2 Å². The van der Waals surface area contributed by atoms with Crippen LogP contribution in [-0.4, -0.2) is 11.7 Å². The van der Waals surface area contributed by atoms with Crippen LogP contribution in [0.3, 0.4) is 0 Å². The SMILES string of the molecule is NC(=O)N/N=C(/Cc1ccccc1)c1ccccc1. The van der Waals surface area contributed by atoms with E-state index in [1.165, 1.54) is 0 Å². The summed E-state index contributed by atoms with van der Waals surface area (Å²) in [4.78, 5) is 10.8. The van der Waals surface area contributed by atoms with Gasteiger partial charge in [-0.1, -0.05) is 60.7 Å². The van der Waals surface area contributed by atoms with E-state index in [1.54, 1.807) is 0 Å². The molecule has 96 valence electrons. The van der Waals surface area contributed by atoms with Crippen LogP contribution in [0.15, 0.2) is 65.8 Å². The van der Waals surface area contributed by atoms with Crippen molar-refractivity contribution in [2.45, 2.75) is 6.42 Å². The molecule has 0 bridgehead atoms. The van der Waals surface area contributed by atoms with Crippen molar-refractivity contribution in [3.8, 4) is 0 Å². The Labute approximate surface area is 112 Å². The first-order valence-corrected chi connectivity index (χ1v) is 5.97. The van der Waals surface area contributed by atoms with Gasteiger partial charge >= 0.3 is 6.03 Å². The molecule has 4 heteroatoms. The number of nitrogens with one attached hydrogen (secondary N) is 1. The van der Waals surface area contributed by atoms with E-state index >= 15 is 0 Å². The number of nitrogens with zero attached hydrogens (tertiary/aromatic N) is 1. The molecule has 0 unspecified atom stereocenters. The highest BCUT2D eigenvalue weighted by Gasteiger charge is 2.05. The third-order valence-electron chi connectivity index (χ3n) is 2.62. The number of carbonyl (C=O) groups excluding carboxylic acids is 1. The second-order valence-corrected chi connectivity index (χ2v) is 4.06. The van der Waals surface area contributed by atoms with Crippen molar-refractivity contribution in [1.82, 2.24) is 5.43 Å². The molecule has 0 aliphatic heterocycles. The van der Waals surface area contributed by atoms with Gasteiger partial charge in [0.2, 0.25) is 0 Å². The lowest BCUT2D eigenvalue weighted by Gasteiger charge is -2.07. The first kappa shape index (κ1) is 12.8. The van der Waals surface area contributed by atoms with E-state index in [9.17, 15) is 4.79 Å². The van der Waals surface area contributed by atoms with E-state index in [0.29, 0.717) is 6.42 Å². The highest BCUT2D eigenvalue weighted by Crippen LogP contribution is 2.08. The smallest absolute Gasteiger partial charge is 0.332 e. The average Bonchev–Trinajstić information content (AvgIpc) is 2.45. The molecule has 4 nitrogen and oxygen atoms in total. The molecule has 2 aromatic carbocycles.